The van der Waals surface area contributed by atoms with E-state index in [-0.39, 0.29) is 11.9 Å². The van der Waals surface area contributed by atoms with Crippen LogP contribution in [-0.4, -0.2) is 42.5 Å². The number of nitrogens with two attached hydrogens (primary N) is 1. The normalized spacial score (nSPS) is 26.1. The fraction of sp³-hybridized carbons (Fsp3) is 0.875. The van der Waals surface area contributed by atoms with Crippen LogP contribution in [-0.2, 0) is 4.79 Å². The van der Waals surface area contributed by atoms with Gasteiger partial charge in [0.25, 0.3) is 0 Å². The molecule has 12 heavy (non-hydrogen) atoms. The number of hydrogen-bond donors (Lipinski definition) is 1. The molecule has 0 bridgehead atoms. The second-order valence-corrected chi connectivity index (χ2v) is 3.41. The second kappa shape index (κ2) is 3.87. The van der Waals surface area contributed by atoms with E-state index in [0.717, 1.165) is 13.1 Å². The molecule has 1 heterocycles. The van der Waals surface area contributed by atoms with Crippen molar-refractivity contribution in [2.24, 2.45) is 5.73 Å². The number of carbonyl (C=O) groups is 1. The molecule has 2 N–H and O–H groups in total. The molecule has 1 rings (SSSR count). The zero-order valence-corrected chi connectivity index (χ0v) is 7.66. The van der Waals surface area contributed by atoms with E-state index >= 15 is 0 Å². The summed E-state index contributed by atoms with van der Waals surface area (Å²) < 4.78 is 0. The first-order valence-electron chi connectivity index (χ1n) is 4.31. The van der Waals surface area contributed by atoms with Crippen molar-refractivity contribution in [2.45, 2.75) is 25.9 Å². The maximum absolute atomic E-state index is 10.8. The monoisotopic (exact) mass is 170 g/mol. The van der Waals surface area contributed by atoms with E-state index in [0.29, 0.717) is 12.6 Å². The molecule has 0 aliphatic carbocycles. The first-order chi connectivity index (χ1) is 5.61. The molecule has 0 aromatic heterocycles. The van der Waals surface area contributed by atoms with Gasteiger partial charge < -0.3 is 5.73 Å². The third-order valence-corrected chi connectivity index (χ3v) is 2.20. The van der Waals surface area contributed by atoms with Crippen molar-refractivity contribution in [3.05, 3.63) is 0 Å². The van der Waals surface area contributed by atoms with Gasteiger partial charge in [0.05, 0.1) is 0 Å². The van der Waals surface area contributed by atoms with Gasteiger partial charge in [0.2, 0.25) is 5.91 Å². The van der Waals surface area contributed by atoms with Crippen molar-refractivity contribution >= 4 is 5.91 Å². The summed E-state index contributed by atoms with van der Waals surface area (Å²) in [5.41, 5.74) is 5.17. The first-order valence-corrected chi connectivity index (χ1v) is 4.31. The molecule has 0 aromatic carbocycles. The van der Waals surface area contributed by atoms with E-state index in [1.165, 1.54) is 0 Å². The van der Waals surface area contributed by atoms with Gasteiger partial charge in [0.15, 0.2) is 0 Å². The van der Waals surface area contributed by atoms with Gasteiger partial charge in [0.1, 0.15) is 6.04 Å². The van der Waals surface area contributed by atoms with Gasteiger partial charge in [-0.1, -0.05) is 0 Å². The third kappa shape index (κ3) is 2.19. The fourth-order valence-corrected chi connectivity index (χ4v) is 1.36. The smallest absolute Gasteiger partial charge is 0.237 e. The zero-order chi connectivity index (χ0) is 9.14. The molecule has 4 heteroatoms. The highest BCUT2D eigenvalue weighted by molar-refractivity contribution is 5.80. The predicted molar refractivity (Wildman–Crippen MR) is 46.7 cm³/mol. The van der Waals surface area contributed by atoms with Crippen LogP contribution in [0, 0.1) is 0 Å². The summed E-state index contributed by atoms with van der Waals surface area (Å²) >= 11 is 0. The molecular formula is C8H16N3O. The van der Waals surface area contributed by atoms with Crippen LogP contribution in [0.3, 0.4) is 0 Å². The lowest BCUT2D eigenvalue weighted by molar-refractivity contribution is -0.121. The molecule has 0 spiro atoms. The van der Waals surface area contributed by atoms with Crippen molar-refractivity contribution in [1.29, 1.82) is 0 Å². The molecule has 0 saturated carbocycles. The van der Waals surface area contributed by atoms with Crippen LogP contribution in [0.25, 0.3) is 0 Å². The van der Waals surface area contributed by atoms with Gasteiger partial charge in [-0.2, -0.15) is 0 Å². The van der Waals surface area contributed by atoms with Crippen LogP contribution in [0.5, 0.6) is 0 Å². The van der Waals surface area contributed by atoms with E-state index in [2.05, 4.69) is 24.1 Å². The highest BCUT2D eigenvalue weighted by atomic mass is 16.1. The standard InChI is InChI=1S/C8H16N3O/c1-6(2)11-4-3-10-7(5-11)8(9)12/h6-7H,3-5H2,1-2H3,(H2,9,12). The van der Waals surface area contributed by atoms with Crippen molar-refractivity contribution < 1.29 is 4.79 Å². The second-order valence-electron chi connectivity index (χ2n) is 3.41. The number of carbonyl (C=O) groups excluding carboxylic acids is 1. The Balaban J connectivity index is 2.46. The summed E-state index contributed by atoms with van der Waals surface area (Å²) in [7, 11) is 0. The van der Waals surface area contributed by atoms with E-state index < -0.39 is 0 Å². The lowest BCUT2D eigenvalue weighted by atomic mass is 10.1. The van der Waals surface area contributed by atoms with Crippen LogP contribution in [0.15, 0.2) is 0 Å². The van der Waals surface area contributed by atoms with Crippen LogP contribution in [0.1, 0.15) is 13.8 Å². The third-order valence-electron chi connectivity index (χ3n) is 2.20. The molecule has 1 atom stereocenters. The number of piperazine rings is 1. The Hall–Kier alpha value is -0.610. The Morgan fingerprint density at radius 2 is 2.33 bits per heavy atom. The van der Waals surface area contributed by atoms with Gasteiger partial charge in [-0.3, -0.25) is 9.69 Å². The van der Waals surface area contributed by atoms with Gasteiger partial charge in [0, 0.05) is 25.7 Å². The molecule has 1 fully saturated rings. The fourth-order valence-electron chi connectivity index (χ4n) is 1.36. The van der Waals surface area contributed by atoms with E-state index in [1.807, 2.05) is 0 Å². The summed E-state index contributed by atoms with van der Waals surface area (Å²) in [6, 6.07) is 0.184. The zero-order valence-electron chi connectivity index (χ0n) is 7.66. The minimum absolute atomic E-state index is 0.291. The highest BCUT2D eigenvalue weighted by Gasteiger charge is 2.25. The van der Waals surface area contributed by atoms with Crippen LogP contribution in [0.2, 0.25) is 0 Å². The molecule has 1 aliphatic rings. The van der Waals surface area contributed by atoms with Gasteiger partial charge >= 0.3 is 0 Å². The van der Waals surface area contributed by atoms with Crippen LogP contribution >= 0.6 is 0 Å². The first kappa shape index (κ1) is 9.48. The van der Waals surface area contributed by atoms with Crippen LogP contribution < -0.4 is 11.1 Å². The van der Waals surface area contributed by atoms with E-state index in [1.54, 1.807) is 0 Å². The SMILES string of the molecule is CC(C)N1CC[N]C(C(N)=O)C1. The minimum atomic E-state index is -0.305. The number of nitrogens with zero attached hydrogens (tertiary/aromatic N) is 2. The van der Waals surface area contributed by atoms with Crippen molar-refractivity contribution in [2.75, 3.05) is 19.6 Å². The number of amides is 1. The average molecular weight is 170 g/mol. The summed E-state index contributed by atoms with van der Waals surface area (Å²) in [5, 5.41) is 4.15. The average Bonchev–Trinajstić information content (AvgIpc) is 2.04. The molecule has 1 aliphatic heterocycles. The summed E-state index contributed by atoms with van der Waals surface area (Å²) in [6.07, 6.45) is 0. The minimum Gasteiger partial charge on any atom is -0.368 e. The molecule has 1 amide bonds. The summed E-state index contributed by atoms with van der Waals surface area (Å²) in [5.74, 6) is -0.305. The molecule has 0 aromatic rings. The van der Waals surface area contributed by atoms with Gasteiger partial charge in [-0.15, -0.1) is 0 Å². The van der Waals surface area contributed by atoms with Crippen molar-refractivity contribution in [1.82, 2.24) is 10.2 Å². The molecule has 1 unspecified atom stereocenters. The Bertz CT molecular complexity index is 170. The highest BCUT2D eigenvalue weighted by Crippen LogP contribution is 2.04. The molecule has 69 valence electrons. The quantitative estimate of drug-likeness (QED) is 0.588. The van der Waals surface area contributed by atoms with Crippen LogP contribution in [0.4, 0.5) is 0 Å². The largest absolute Gasteiger partial charge is 0.368 e. The van der Waals surface area contributed by atoms with E-state index in [4.69, 9.17) is 5.73 Å². The van der Waals surface area contributed by atoms with Crippen molar-refractivity contribution in [3.8, 4) is 0 Å². The van der Waals surface area contributed by atoms with Gasteiger partial charge in [-0.25, -0.2) is 5.32 Å². The van der Waals surface area contributed by atoms with Gasteiger partial charge in [-0.05, 0) is 13.8 Å². The molecule has 1 radical (unpaired) electrons. The Morgan fingerprint density at radius 1 is 1.67 bits per heavy atom. The lowest BCUT2D eigenvalue weighted by Gasteiger charge is -2.33. The molecule has 1 saturated heterocycles. The number of primary amides is 1. The number of rotatable bonds is 2. The summed E-state index contributed by atoms with van der Waals surface area (Å²) in [4.78, 5) is 13.0. The maximum atomic E-state index is 10.8. The predicted octanol–water partition coefficient (Wildman–Crippen LogP) is -0.831. The maximum Gasteiger partial charge on any atom is 0.237 e. The Morgan fingerprint density at radius 3 is 2.83 bits per heavy atom. The Kier molecular flexibility index (Phi) is 3.05. The van der Waals surface area contributed by atoms with E-state index in [9.17, 15) is 4.79 Å². The molecule has 4 nitrogen and oxygen atoms in total. The summed E-state index contributed by atoms with van der Waals surface area (Å²) in [6.45, 7) is 6.59. The van der Waals surface area contributed by atoms with Crippen molar-refractivity contribution in [3.63, 3.8) is 0 Å². The Labute approximate surface area is 73.1 Å². The topological polar surface area (TPSA) is 60.4 Å². The number of hydrogen-bond acceptors (Lipinski definition) is 2. The lowest BCUT2D eigenvalue weighted by Crippen LogP contribution is -2.54. The molecular weight excluding hydrogens is 154 g/mol.